The van der Waals surface area contributed by atoms with E-state index in [1.54, 1.807) is 0 Å². The number of nitrogens with zero attached hydrogens (tertiary/aromatic N) is 3. The molecule has 0 amide bonds. The molecule has 1 aromatic rings. The van der Waals surface area contributed by atoms with Crippen LogP contribution in [0.3, 0.4) is 0 Å². The van der Waals surface area contributed by atoms with Crippen molar-refractivity contribution >= 4 is 17.7 Å². The number of carboxylic acid groups (broad SMARTS) is 1. The molecule has 116 valence electrons. The van der Waals surface area contributed by atoms with Crippen molar-refractivity contribution in [3.63, 3.8) is 0 Å². The molecule has 3 rings (SSSR count). The van der Waals surface area contributed by atoms with Crippen molar-refractivity contribution in [1.82, 2.24) is 14.8 Å². The van der Waals surface area contributed by atoms with E-state index < -0.39 is 5.97 Å². The van der Waals surface area contributed by atoms with Gasteiger partial charge in [0.15, 0.2) is 5.16 Å². The quantitative estimate of drug-likeness (QED) is 0.818. The molecule has 5 nitrogen and oxygen atoms in total. The fourth-order valence-electron chi connectivity index (χ4n) is 3.33. The second kappa shape index (κ2) is 6.38. The van der Waals surface area contributed by atoms with Crippen LogP contribution in [-0.4, -0.2) is 31.6 Å². The van der Waals surface area contributed by atoms with Crippen molar-refractivity contribution in [2.24, 2.45) is 11.8 Å². The largest absolute Gasteiger partial charge is 0.481 e. The molecule has 21 heavy (non-hydrogen) atoms. The van der Waals surface area contributed by atoms with E-state index in [9.17, 15) is 4.79 Å². The summed E-state index contributed by atoms with van der Waals surface area (Å²) in [5.41, 5.74) is 0. The molecule has 0 saturated heterocycles. The Morgan fingerprint density at radius 3 is 2.81 bits per heavy atom. The number of rotatable bonds is 6. The van der Waals surface area contributed by atoms with E-state index in [4.69, 9.17) is 5.11 Å². The van der Waals surface area contributed by atoms with Gasteiger partial charge in [-0.1, -0.05) is 31.5 Å². The molecule has 0 bridgehead atoms. The highest BCUT2D eigenvalue weighted by Crippen LogP contribution is 2.41. The second-order valence-electron chi connectivity index (χ2n) is 6.55. The van der Waals surface area contributed by atoms with E-state index in [1.807, 2.05) is 0 Å². The molecule has 0 radical (unpaired) electrons. The van der Waals surface area contributed by atoms with Gasteiger partial charge in [0.25, 0.3) is 0 Å². The SMILES string of the molecule is CC1CCCC(Cn2c(SCC(=O)O)nnc2C2CC2)C1. The van der Waals surface area contributed by atoms with Crippen LogP contribution in [0.25, 0.3) is 0 Å². The van der Waals surface area contributed by atoms with Crippen LogP contribution in [0, 0.1) is 11.8 Å². The zero-order chi connectivity index (χ0) is 14.8. The zero-order valence-corrected chi connectivity index (χ0v) is 13.3. The molecule has 1 aromatic heterocycles. The lowest BCUT2D eigenvalue weighted by molar-refractivity contribution is -0.133. The molecule has 2 aliphatic carbocycles. The molecule has 0 spiro atoms. The fraction of sp³-hybridized carbons (Fsp3) is 0.800. The summed E-state index contributed by atoms with van der Waals surface area (Å²) in [6.07, 6.45) is 7.59. The van der Waals surface area contributed by atoms with Crippen LogP contribution >= 0.6 is 11.8 Å². The maximum Gasteiger partial charge on any atom is 0.313 e. The van der Waals surface area contributed by atoms with Gasteiger partial charge in [-0.2, -0.15) is 0 Å². The van der Waals surface area contributed by atoms with Crippen LogP contribution in [0.2, 0.25) is 0 Å². The Labute approximate surface area is 129 Å². The Morgan fingerprint density at radius 1 is 1.33 bits per heavy atom. The Kier molecular flexibility index (Phi) is 4.52. The van der Waals surface area contributed by atoms with Crippen molar-refractivity contribution < 1.29 is 9.90 Å². The van der Waals surface area contributed by atoms with Gasteiger partial charge in [0.2, 0.25) is 0 Å². The van der Waals surface area contributed by atoms with Gasteiger partial charge in [-0.05, 0) is 37.5 Å². The summed E-state index contributed by atoms with van der Waals surface area (Å²) >= 11 is 1.30. The first-order valence-electron chi connectivity index (χ1n) is 7.91. The monoisotopic (exact) mass is 309 g/mol. The average molecular weight is 309 g/mol. The van der Waals surface area contributed by atoms with Crippen molar-refractivity contribution in [2.45, 2.75) is 63.1 Å². The molecule has 1 N–H and O–H groups in total. The van der Waals surface area contributed by atoms with Gasteiger partial charge in [-0.3, -0.25) is 4.79 Å². The molecule has 2 atom stereocenters. The van der Waals surface area contributed by atoms with Gasteiger partial charge in [-0.15, -0.1) is 10.2 Å². The number of carbonyl (C=O) groups is 1. The predicted octanol–water partition coefficient (Wildman–Crippen LogP) is 3.16. The lowest BCUT2D eigenvalue weighted by atomic mass is 9.82. The minimum Gasteiger partial charge on any atom is -0.481 e. The van der Waals surface area contributed by atoms with E-state index in [1.165, 1.54) is 50.3 Å². The highest BCUT2D eigenvalue weighted by Gasteiger charge is 2.31. The normalized spacial score (nSPS) is 26.0. The molecule has 1 heterocycles. The van der Waals surface area contributed by atoms with Crippen LogP contribution in [0.5, 0.6) is 0 Å². The van der Waals surface area contributed by atoms with Gasteiger partial charge >= 0.3 is 5.97 Å². The van der Waals surface area contributed by atoms with E-state index in [0.717, 1.165) is 23.4 Å². The number of hydrogen-bond acceptors (Lipinski definition) is 4. The lowest BCUT2D eigenvalue weighted by Gasteiger charge is -2.27. The zero-order valence-electron chi connectivity index (χ0n) is 12.5. The van der Waals surface area contributed by atoms with Crippen LogP contribution in [0.15, 0.2) is 5.16 Å². The van der Waals surface area contributed by atoms with Crippen molar-refractivity contribution in [1.29, 1.82) is 0 Å². The van der Waals surface area contributed by atoms with Crippen LogP contribution < -0.4 is 0 Å². The first kappa shape index (κ1) is 14.9. The maximum atomic E-state index is 10.8. The Morgan fingerprint density at radius 2 is 2.14 bits per heavy atom. The Balaban J connectivity index is 1.73. The first-order valence-corrected chi connectivity index (χ1v) is 8.89. The third-order valence-corrected chi connectivity index (χ3v) is 5.45. The average Bonchev–Trinajstić information content (AvgIpc) is 3.20. The number of hydrogen-bond donors (Lipinski definition) is 1. The summed E-state index contributed by atoms with van der Waals surface area (Å²) in [7, 11) is 0. The minimum atomic E-state index is -0.797. The first-order chi connectivity index (χ1) is 10.1. The fourth-order valence-corrected chi connectivity index (χ4v) is 4.01. The van der Waals surface area contributed by atoms with Gasteiger partial charge < -0.3 is 9.67 Å². The molecule has 2 unspecified atom stereocenters. The predicted molar refractivity (Wildman–Crippen MR) is 81.5 cm³/mol. The summed E-state index contributed by atoms with van der Waals surface area (Å²) in [4.78, 5) is 10.8. The van der Waals surface area contributed by atoms with Gasteiger partial charge in [0, 0.05) is 12.5 Å². The summed E-state index contributed by atoms with van der Waals surface area (Å²) in [5, 5.41) is 18.2. The smallest absolute Gasteiger partial charge is 0.313 e. The maximum absolute atomic E-state index is 10.8. The number of thioether (sulfide) groups is 1. The Hall–Kier alpha value is -1.04. The molecular formula is C15H23N3O2S. The highest BCUT2D eigenvalue weighted by atomic mass is 32.2. The summed E-state index contributed by atoms with van der Waals surface area (Å²) in [5.74, 6) is 2.39. The topological polar surface area (TPSA) is 68.0 Å². The summed E-state index contributed by atoms with van der Waals surface area (Å²) < 4.78 is 2.22. The minimum absolute atomic E-state index is 0.0594. The molecule has 0 aromatic carbocycles. The Bertz CT molecular complexity index is 513. The summed E-state index contributed by atoms with van der Waals surface area (Å²) in [6.45, 7) is 3.30. The van der Waals surface area contributed by atoms with Gasteiger partial charge in [-0.25, -0.2) is 0 Å². The molecule has 2 saturated carbocycles. The van der Waals surface area contributed by atoms with Crippen LogP contribution in [-0.2, 0) is 11.3 Å². The van der Waals surface area contributed by atoms with Gasteiger partial charge in [0.05, 0.1) is 5.75 Å². The molecule has 0 aliphatic heterocycles. The standard InChI is InChI=1S/C15H23N3O2S/c1-10-3-2-4-11(7-10)8-18-14(12-5-6-12)16-17-15(18)21-9-13(19)20/h10-12H,2-9H2,1H3,(H,19,20). The van der Waals surface area contributed by atoms with Crippen molar-refractivity contribution in [3.05, 3.63) is 5.82 Å². The molecule has 2 aliphatic rings. The van der Waals surface area contributed by atoms with E-state index in [0.29, 0.717) is 11.8 Å². The number of carboxylic acids is 1. The molecular weight excluding hydrogens is 286 g/mol. The van der Waals surface area contributed by atoms with E-state index >= 15 is 0 Å². The summed E-state index contributed by atoms with van der Waals surface area (Å²) in [6, 6.07) is 0. The number of aromatic nitrogens is 3. The van der Waals surface area contributed by atoms with Crippen LogP contribution in [0.4, 0.5) is 0 Å². The lowest BCUT2D eigenvalue weighted by Crippen LogP contribution is -2.20. The van der Waals surface area contributed by atoms with Gasteiger partial charge in [0.1, 0.15) is 5.82 Å². The third kappa shape index (κ3) is 3.78. The third-order valence-electron chi connectivity index (χ3n) is 4.50. The molecule has 2 fully saturated rings. The van der Waals surface area contributed by atoms with E-state index in [2.05, 4.69) is 21.7 Å². The van der Waals surface area contributed by atoms with Crippen molar-refractivity contribution in [3.8, 4) is 0 Å². The second-order valence-corrected chi connectivity index (χ2v) is 7.49. The number of aliphatic carboxylic acids is 1. The molecule has 6 heteroatoms. The van der Waals surface area contributed by atoms with Crippen molar-refractivity contribution in [2.75, 3.05) is 5.75 Å². The van der Waals surface area contributed by atoms with E-state index in [-0.39, 0.29) is 5.75 Å². The van der Waals surface area contributed by atoms with Crippen LogP contribution in [0.1, 0.15) is 57.2 Å². The highest BCUT2D eigenvalue weighted by molar-refractivity contribution is 7.99.